The molecule has 0 spiro atoms. The molecule has 0 aliphatic heterocycles. The summed E-state index contributed by atoms with van der Waals surface area (Å²) in [7, 11) is 0. The van der Waals surface area contributed by atoms with E-state index in [1.807, 2.05) is 6.92 Å². The average molecular weight is 540 g/mol. The first-order chi connectivity index (χ1) is 17.9. The van der Waals surface area contributed by atoms with Gasteiger partial charge in [0.1, 0.15) is 28.7 Å². The second kappa shape index (κ2) is 11.9. The molecule has 3 aromatic carbocycles. The minimum absolute atomic E-state index is 0.00616. The zero-order chi connectivity index (χ0) is 26.4. The molecule has 1 amide bonds. The van der Waals surface area contributed by atoms with Crippen molar-refractivity contribution in [2.75, 3.05) is 21.7 Å². The minimum Gasteiger partial charge on any atom is -0.611 e. The highest BCUT2D eigenvalue weighted by Gasteiger charge is 2.21. The minimum atomic E-state index is -1.28. The number of carbonyl (C=O) groups is 1. The molecule has 0 aliphatic rings. The first-order valence-electron chi connectivity index (χ1n) is 11.3. The van der Waals surface area contributed by atoms with Gasteiger partial charge in [0.25, 0.3) is 5.91 Å². The third-order valence-electron chi connectivity index (χ3n) is 5.13. The SMILES string of the molecule is CCC[S+]([O-])c1ccccc1Nc1nc(Nc2ccc(O)cc2)ncc1C(=O)Nc1c(F)cccc1Cl. The van der Waals surface area contributed by atoms with Crippen molar-refractivity contribution in [3.63, 3.8) is 0 Å². The molecular weight excluding hydrogens is 517 g/mol. The van der Waals surface area contributed by atoms with E-state index in [2.05, 4.69) is 25.9 Å². The second-order valence-corrected chi connectivity index (χ2v) is 9.80. The third kappa shape index (κ3) is 6.48. The number of hydrogen-bond donors (Lipinski definition) is 4. The summed E-state index contributed by atoms with van der Waals surface area (Å²) in [6.45, 7) is 1.94. The number of hydrogen-bond acceptors (Lipinski definition) is 7. The van der Waals surface area contributed by atoms with Crippen LogP contribution >= 0.6 is 11.6 Å². The van der Waals surface area contributed by atoms with Crippen LogP contribution in [0.3, 0.4) is 0 Å². The standard InChI is InChI=1S/C26H23ClFN5O3S/c1-2-14-37(36)22-9-4-3-8-21(22)31-24-18(25(35)32-23-19(27)6-5-7-20(23)28)15-29-26(33-24)30-16-10-12-17(34)13-11-16/h3-13,15,34H,2,14H2,1H3,(H,32,35)(H2,29,30,31,33). The Balaban J connectivity index is 1.72. The molecular formula is C26H23ClFN5O3S. The van der Waals surface area contributed by atoms with Crippen LogP contribution in [0.2, 0.25) is 5.02 Å². The van der Waals surface area contributed by atoms with E-state index in [0.717, 1.165) is 6.42 Å². The highest BCUT2D eigenvalue weighted by molar-refractivity contribution is 7.91. The summed E-state index contributed by atoms with van der Waals surface area (Å²) >= 11 is 4.80. The molecule has 190 valence electrons. The number of aromatic nitrogens is 2. The number of phenols is 1. The van der Waals surface area contributed by atoms with Gasteiger partial charge in [0.15, 0.2) is 4.90 Å². The lowest BCUT2D eigenvalue weighted by molar-refractivity contribution is 0.102. The summed E-state index contributed by atoms with van der Waals surface area (Å²) in [6.07, 6.45) is 2.01. The molecule has 11 heteroatoms. The van der Waals surface area contributed by atoms with Gasteiger partial charge in [0, 0.05) is 11.9 Å². The smallest absolute Gasteiger partial charge is 0.261 e. The Bertz CT molecular complexity index is 1390. The van der Waals surface area contributed by atoms with Crippen LogP contribution in [0.15, 0.2) is 77.8 Å². The van der Waals surface area contributed by atoms with Crippen LogP contribution in [0.4, 0.5) is 33.2 Å². The van der Waals surface area contributed by atoms with Crippen molar-refractivity contribution < 1.29 is 18.8 Å². The molecule has 1 aromatic heterocycles. The zero-order valence-corrected chi connectivity index (χ0v) is 21.2. The topological polar surface area (TPSA) is 122 Å². The van der Waals surface area contributed by atoms with E-state index < -0.39 is 22.9 Å². The van der Waals surface area contributed by atoms with Crippen LogP contribution in [-0.4, -0.2) is 31.3 Å². The number of rotatable bonds is 9. The number of amides is 1. The van der Waals surface area contributed by atoms with Crippen molar-refractivity contribution in [1.29, 1.82) is 0 Å². The number of carbonyl (C=O) groups excluding carboxylic acids is 1. The third-order valence-corrected chi connectivity index (χ3v) is 7.07. The van der Waals surface area contributed by atoms with E-state index in [1.54, 1.807) is 36.4 Å². The fraction of sp³-hybridized carbons (Fsp3) is 0.115. The lowest BCUT2D eigenvalue weighted by atomic mass is 10.2. The Kier molecular flexibility index (Phi) is 8.44. The number of para-hydroxylation sites is 2. The number of aromatic hydroxyl groups is 1. The van der Waals surface area contributed by atoms with Crippen LogP contribution in [0, 0.1) is 5.82 Å². The molecule has 0 radical (unpaired) electrons. The lowest BCUT2D eigenvalue weighted by Crippen LogP contribution is -2.18. The molecule has 0 saturated heterocycles. The zero-order valence-electron chi connectivity index (χ0n) is 19.7. The van der Waals surface area contributed by atoms with E-state index in [4.69, 9.17) is 11.6 Å². The molecule has 37 heavy (non-hydrogen) atoms. The summed E-state index contributed by atoms with van der Waals surface area (Å²) in [5.74, 6) is -0.567. The maximum absolute atomic E-state index is 14.3. The van der Waals surface area contributed by atoms with Gasteiger partial charge in [0.2, 0.25) is 5.95 Å². The molecule has 4 rings (SSSR count). The van der Waals surface area contributed by atoms with Gasteiger partial charge in [-0.15, -0.1) is 0 Å². The normalized spacial score (nSPS) is 11.6. The fourth-order valence-electron chi connectivity index (χ4n) is 3.37. The van der Waals surface area contributed by atoms with Gasteiger partial charge >= 0.3 is 0 Å². The Hall–Kier alpha value is -3.86. The van der Waals surface area contributed by atoms with Crippen LogP contribution in [0.5, 0.6) is 5.75 Å². The molecule has 0 bridgehead atoms. The van der Waals surface area contributed by atoms with E-state index >= 15 is 0 Å². The van der Waals surface area contributed by atoms with Crippen LogP contribution in [0.25, 0.3) is 0 Å². The maximum Gasteiger partial charge on any atom is 0.261 e. The second-order valence-electron chi connectivity index (χ2n) is 7.85. The van der Waals surface area contributed by atoms with Crippen molar-refractivity contribution in [2.24, 2.45) is 0 Å². The Morgan fingerprint density at radius 2 is 1.84 bits per heavy atom. The summed E-state index contributed by atoms with van der Waals surface area (Å²) in [5, 5.41) is 18.1. The lowest BCUT2D eigenvalue weighted by Gasteiger charge is -2.17. The summed E-state index contributed by atoms with van der Waals surface area (Å²) in [5.41, 5.74) is 0.938. The molecule has 0 saturated carbocycles. The number of phenolic OH excluding ortho intramolecular Hbond substituents is 1. The van der Waals surface area contributed by atoms with Crippen molar-refractivity contribution in [2.45, 2.75) is 18.2 Å². The molecule has 1 heterocycles. The van der Waals surface area contributed by atoms with Gasteiger partial charge in [-0.25, -0.2) is 9.37 Å². The van der Waals surface area contributed by atoms with Crippen LogP contribution in [-0.2, 0) is 11.2 Å². The summed E-state index contributed by atoms with van der Waals surface area (Å²) < 4.78 is 27.1. The first kappa shape index (κ1) is 26.2. The quantitative estimate of drug-likeness (QED) is 0.147. The van der Waals surface area contributed by atoms with Gasteiger partial charge in [-0.2, -0.15) is 4.98 Å². The number of nitrogens with zero attached hydrogens (tertiary/aromatic N) is 2. The van der Waals surface area contributed by atoms with Crippen LogP contribution in [0.1, 0.15) is 23.7 Å². The largest absolute Gasteiger partial charge is 0.611 e. The van der Waals surface area contributed by atoms with Crippen LogP contribution < -0.4 is 16.0 Å². The Morgan fingerprint density at radius 3 is 2.57 bits per heavy atom. The number of halogens is 2. The average Bonchev–Trinajstić information content (AvgIpc) is 2.88. The molecule has 1 unspecified atom stereocenters. The molecule has 1 atom stereocenters. The van der Waals surface area contributed by atoms with Crippen molar-refractivity contribution in [1.82, 2.24) is 9.97 Å². The first-order valence-corrected chi connectivity index (χ1v) is 13.0. The van der Waals surface area contributed by atoms with Gasteiger partial charge in [-0.05, 0) is 66.1 Å². The molecule has 4 N–H and O–H groups in total. The molecule has 8 nitrogen and oxygen atoms in total. The molecule has 0 aliphatic carbocycles. The van der Waals surface area contributed by atoms with Gasteiger partial charge in [-0.1, -0.05) is 36.7 Å². The highest BCUT2D eigenvalue weighted by atomic mass is 35.5. The number of nitrogens with one attached hydrogen (secondary N) is 3. The van der Waals surface area contributed by atoms with Crippen molar-refractivity contribution in [3.8, 4) is 5.75 Å². The number of benzene rings is 3. The Labute approximate surface area is 221 Å². The monoisotopic (exact) mass is 539 g/mol. The molecule has 0 fully saturated rings. The summed E-state index contributed by atoms with van der Waals surface area (Å²) in [4.78, 5) is 22.4. The van der Waals surface area contributed by atoms with Crippen molar-refractivity contribution in [3.05, 3.63) is 89.3 Å². The van der Waals surface area contributed by atoms with E-state index in [9.17, 15) is 18.8 Å². The maximum atomic E-state index is 14.3. The van der Waals surface area contributed by atoms with Crippen molar-refractivity contribution >= 4 is 57.5 Å². The Morgan fingerprint density at radius 1 is 1.08 bits per heavy atom. The predicted octanol–water partition coefficient (Wildman–Crippen LogP) is 6.23. The van der Waals surface area contributed by atoms with Gasteiger partial charge < -0.3 is 25.6 Å². The summed E-state index contributed by atoms with van der Waals surface area (Å²) in [6, 6.07) is 17.4. The van der Waals surface area contributed by atoms with Gasteiger partial charge in [0.05, 0.1) is 16.4 Å². The van der Waals surface area contributed by atoms with E-state index in [-0.39, 0.29) is 33.8 Å². The highest BCUT2D eigenvalue weighted by Crippen LogP contribution is 2.30. The fourth-order valence-corrected chi connectivity index (χ4v) is 4.76. The molecule has 4 aromatic rings. The van der Waals surface area contributed by atoms with E-state index in [0.29, 0.717) is 22.0 Å². The number of anilines is 5. The van der Waals surface area contributed by atoms with E-state index in [1.165, 1.54) is 36.5 Å². The predicted molar refractivity (Wildman–Crippen MR) is 144 cm³/mol. The van der Waals surface area contributed by atoms with Gasteiger partial charge in [-0.3, -0.25) is 4.79 Å².